The van der Waals surface area contributed by atoms with Gasteiger partial charge in [0.2, 0.25) is 0 Å². The molecule has 3 unspecified atom stereocenters. The molecule has 2 heteroatoms. The summed E-state index contributed by atoms with van der Waals surface area (Å²) in [5, 5.41) is 9.35. The van der Waals surface area contributed by atoms with Gasteiger partial charge < -0.3 is 5.11 Å². The standard InChI is InChI=1S/C8H16O.K.H/c1-6-4-3-5-8(9)7(6)2;;/h6-9H,3-5H2,1-2H3;;. The number of rotatable bonds is 0. The van der Waals surface area contributed by atoms with Crippen molar-refractivity contribution in [1.82, 2.24) is 0 Å². The molecule has 3 atom stereocenters. The van der Waals surface area contributed by atoms with Crippen LogP contribution in [0.15, 0.2) is 0 Å². The van der Waals surface area contributed by atoms with Crippen molar-refractivity contribution in [1.29, 1.82) is 0 Å². The SMILES string of the molecule is CC1CCCC(O)C1C.[KH]. The average molecular weight is 168 g/mol. The molecule has 0 aliphatic heterocycles. The minimum atomic E-state index is -0.0197. The summed E-state index contributed by atoms with van der Waals surface area (Å²) in [6.07, 6.45) is 3.52. The van der Waals surface area contributed by atoms with E-state index >= 15 is 0 Å². The first-order valence-electron chi connectivity index (χ1n) is 3.90. The Balaban J connectivity index is 0.000000810. The molecule has 0 heterocycles. The van der Waals surface area contributed by atoms with Crippen LogP contribution in [0.2, 0.25) is 0 Å². The fourth-order valence-corrected chi connectivity index (χ4v) is 1.55. The molecule has 10 heavy (non-hydrogen) atoms. The van der Waals surface area contributed by atoms with Crippen molar-refractivity contribution < 1.29 is 5.11 Å². The summed E-state index contributed by atoms with van der Waals surface area (Å²) in [6.45, 7) is 4.38. The van der Waals surface area contributed by atoms with E-state index in [9.17, 15) is 5.11 Å². The number of hydrogen-bond acceptors (Lipinski definition) is 1. The molecule has 0 radical (unpaired) electrons. The Morgan fingerprint density at radius 3 is 2.20 bits per heavy atom. The van der Waals surface area contributed by atoms with Gasteiger partial charge in [0.1, 0.15) is 0 Å². The normalized spacial score (nSPS) is 40.5. The molecule has 0 spiro atoms. The van der Waals surface area contributed by atoms with E-state index in [-0.39, 0.29) is 57.5 Å². The predicted octanol–water partition coefficient (Wildman–Crippen LogP) is 1.15. The number of aliphatic hydroxyl groups excluding tert-OH is 1. The van der Waals surface area contributed by atoms with Crippen LogP contribution in [-0.2, 0) is 0 Å². The molecule has 1 aliphatic rings. The van der Waals surface area contributed by atoms with Crippen LogP contribution in [0.25, 0.3) is 0 Å². The summed E-state index contributed by atoms with van der Waals surface area (Å²) in [7, 11) is 0. The van der Waals surface area contributed by atoms with Crippen LogP contribution >= 0.6 is 0 Å². The third-order valence-corrected chi connectivity index (χ3v) is 2.66. The molecule has 0 bridgehead atoms. The molecular formula is C8H17KO. The first kappa shape index (κ1) is 11.6. The molecule has 0 amide bonds. The van der Waals surface area contributed by atoms with E-state index < -0.39 is 0 Å². The third-order valence-electron chi connectivity index (χ3n) is 2.66. The monoisotopic (exact) mass is 168 g/mol. The topological polar surface area (TPSA) is 20.2 Å². The third kappa shape index (κ3) is 2.92. The number of aliphatic hydroxyl groups is 1. The zero-order valence-corrected chi connectivity index (χ0v) is 6.30. The minimum absolute atomic E-state index is 0. The molecule has 1 N–H and O–H groups in total. The molecule has 1 rings (SSSR count). The van der Waals surface area contributed by atoms with Gasteiger partial charge in [0.25, 0.3) is 0 Å². The van der Waals surface area contributed by atoms with Crippen molar-refractivity contribution in [3.8, 4) is 0 Å². The Kier molecular flexibility index (Phi) is 6.12. The van der Waals surface area contributed by atoms with Gasteiger partial charge in [-0.25, -0.2) is 0 Å². The molecule has 0 aromatic rings. The van der Waals surface area contributed by atoms with Crippen LogP contribution in [0.4, 0.5) is 0 Å². The van der Waals surface area contributed by atoms with Gasteiger partial charge in [-0.15, -0.1) is 0 Å². The summed E-state index contributed by atoms with van der Waals surface area (Å²) in [5.74, 6) is 1.26. The van der Waals surface area contributed by atoms with Crippen LogP contribution in [0.5, 0.6) is 0 Å². The van der Waals surface area contributed by atoms with Crippen molar-refractivity contribution >= 4 is 51.4 Å². The molecular weight excluding hydrogens is 151 g/mol. The van der Waals surface area contributed by atoms with Gasteiger partial charge in [-0.2, -0.15) is 0 Å². The van der Waals surface area contributed by atoms with Crippen molar-refractivity contribution in [2.75, 3.05) is 0 Å². The van der Waals surface area contributed by atoms with Crippen LogP contribution < -0.4 is 0 Å². The van der Waals surface area contributed by atoms with Crippen LogP contribution in [0, 0.1) is 11.8 Å². The predicted molar refractivity (Wildman–Crippen MR) is 45.3 cm³/mol. The van der Waals surface area contributed by atoms with E-state index in [1.54, 1.807) is 0 Å². The van der Waals surface area contributed by atoms with Crippen LogP contribution in [0.1, 0.15) is 33.1 Å². The second-order valence-corrected chi connectivity index (χ2v) is 3.33. The van der Waals surface area contributed by atoms with E-state index in [1.807, 2.05) is 0 Å². The van der Waals surface area contributed by atoms with Gasteiger partial charge in [-0.3, -0.25) is 0 Å². The summed E-state index contributed by atoms with van der Waals surface area (Å²) >= 11 is 0. The molecule has 1 aliphatic carbocycles. The van der Waals surface area contributed by atoms with Crippen molar-refractivity contribution in [3.63, 3.8) is 0 Å². The second-order valence-electron chi connectivity index (χ2n) is 3.33. The summed E-state index contributed by atoms with van der Waals surface area (Å²) < 4.78 is 0. The van der Waals surface area contributed by atoms with E-state index in [0.717, 1.165) is 12.3 Å². The van der Waals surface area contributed by atoms with E-state index in [0.29, 0.717) is 5.92 Å². The Bertz CT molecular complexity index is 85.3. The van der Waals surface area contributed by atoms with Crippen molar-refractivity contribution in [3.05, 3.63) is 0 Å². The zero-order valence-electron chi connectivity index (χ0n) is 6.30. The Morgan fingerprint density at radius 2 is 1.80 bits per heavy atom. The molecule has 1 fully saturated rings. The molecule has 0 saturated heterocycles. The molecule has 56 valence electrons. The summed E-state index contributed by atoms with van der Waals surface area (Å²) in [6, 6.07) is 0. The average Bonchev–Trinajstić information content (AvgIpc) is 1.83. The summed E-state index contributed by atoms with van der Waals surface area (Å²) in [5.41, 5.74) is 0. The van der Waals surface area contributed by atoms with Crippen LogP contribution in [-0.4, -0.2) is 62.6 Å². The molecule has 1 nitrogen and oxygen atoms in total. The van der Waals surface area contributed by atoms with Gasteiger partial charge in [-0.05, 0) is 18.3 Å². The van der Waals surface area contributed by atoms with Crippen molar-refractivity contribution in [2.45, 2.75) is 39.2 Å². The molecule has 0 aromatic carbocycles. The molecule has 1 saturated carbocycles. The van der Waals surface area contributed by atoms with Crippen molar-refractivity contribution in [2.24, 2.45) is 11.8 Å². The first-order chi connectivity index (χ1) is 4.22. The Morgan fingerprint density at radius 1 is 1.20 bits per heavy atom. The van der Waals surface area contributed by atoms with Gasteiger partial charge in [0.05, 0.1) is 6.10 Å². The quantitative estimate of drug-likeness (QED) is 0.538. The van der Waals surface area contributed by atoms with Gasteiger partial charge in [-0.1, -0.05) is 26.7 Å². The molecule has 0 aromatic heterocycles. The zero-order chi connectivity index (χ0) is 6.85. The van der Waals surface area contributed by atoms with Gasteiger partial charge in [0.15, 0.2) is 0 Å². The van der Waals surface area contributed by atoms with E-state index in [1.165, 1.54) is 12.8 Å². The van der Waals surface area contributed by atoms with Gasteiger partial charge >= 0.3 is 51.4 Å². The number of hydrogen-bond donors (Lipinski definition) is 1. The first-order valence-corrected chi connectivity index (χ1v) is 3.90. The van der Waals surface area contributed by atoms with E-state index in [2.05, 4.69) is 13.8 Å². The summed E-state index contributed by atoms with van der Waals surface area (Å²) in [4.78, 5) is 0. The second kappa shape index (κ2) is 5.28. The maximum atomic E-state index is 9.35. The fourth-order valence-electron chi connectivity index (χ4n) is 1.55. The fraction of sp³-hybridized carbons (Fsp3) is 1.00. The maximum absolute atomic E-state index is 9.35. The van der Waals surface area contributed by atoms with Gasteiger partial charge in [0, 0.05) is 0 Å². The van der Waals surface area contributed by atoms with E-state index in [4.69, 9.17) is 0 Å². The van der Waals surface area contributed by atoms with Crippen LogP contribution in [0.3, 0.4) is 0 Å². The Labute approximate surface area is 106 Å². The Hall–Kier alpha value is 1.60.